The second-order valence-electron chi connectivity index (χ2n) is 4.63. The lowest BCUT2D eigenvalue weighted by molar-refractivity contribution is 0.585. The Labute approximate surface area is 140 Å². The van der Waals surface area contributed by atoms with Crippen LogP contribution in [0, 0.1) is 9.39 Å². The van der Waals surface area contributed by atoms with E-state index in [0.29, 0.717) is 17.1 Å². The van der Waals surface area contributed by atoms with Crippen LogP contribution >= 0.6 is 34.2 Å². The van der Waals surface area contributed by atoms with E-state index >= 15 is 0 Å². The highest BCUT2D eigenvalue weighted by Gasteiger charge is 2.09. The molecular formula is C16H11ClFIN2. The van der Waals surface area contributed by atoms with E-state index in [4.69, 9.17) is 11.6 Å². The summed E-state index contributed by atoms with van der Waals surface area (Å²) >= 11 is 8.30. The van der Waals surface area contributed by atoms with Crippen molar-refractivity contribution in [2.75, 3.05) is 0 Å². The molecule has 0 N–H and O–H groups in total. The monoisotopic (exact) mass is 412 g/mol. The van der Waals surface area contributed by atoms with Gasteiger partial charge in [0.15, 0.2) is 0 Å². The van der Waals surface area contributed by atoms with Crippen molar-refractivity contribution < 1.29 is 4.39 Å². The Morgan fingerprint density at radius 3 is 2.57 bits per heavy atom. The minimum absolute atomic E-state index is 0.311. The van der Waals surface area contributed by atoms with E-state index in [-0.39, 0.29) is 5.82 Å². The Bertz CT molecular complexity index is 748. The molecule has 1 heterocycles. The number of hydrogen-bond acceptors (Lipinski definition) is 1. The Hall–Kier alpha value is -1.40. The quantitative estimate of drug-likeness (QED) is 0.554. The lowest BCUT2D eigenvalue weighted by Gasteiger charge is -2.05. The molecule has 3 rings (SSSR count). The van der Waals surface area contributed by atoms with Gasteiger partial charge in [0.2, 0.25) is 0 Å². The van der Waals surface area contributed by atoms with E-state index < -0.39 is 0 Å². The van der Waals surface area contributed by atoms with Crippen molar-refractivity contribution in [3.8, 4) is 11.1 Å². The van der Waals surface area contributed by atoms with Crippen LogP contribution in [0.15, 0.2) is 54.9 Å². The highest BCUT2D eigenvalue weighted by atomic mass is 127. The molecule has 0 atom stereocenters. The largest absolute Gasteiger partial charge is 0.268 e. The van der Waals surface area contributed by atoms with Gasteiger partial charge in [-0.15, -0.1) is 0 Å². The Morgan fingerprint density at radius 1 is 1.10 bits per heavy atom. The molecule has 0 bridgehead atoms. The van der Waals surface area contributed by atoms with Crippen LogP contribution in [0.4, 0.5) is 4.39 Å². The lowest BCUT2D eigenvalue weighted by atomic mass is 10.1. The SMILES string of the molecule is Fc1cccc(Cl)c1Cn1cc(-c2ccc(I)cc2)cn1. The standard InChI is InChI=1S/C16H11ClFIN2/c17-15-2-1-3-16(18)14(15)10-21-9-12(8-20-21)11-4-6-13(19)7-5-11/h1-9H,10H2. The van der Waals surface area contributed by atoms with Crippen molar-refractivity contribution in [2.24, 2.45) is 0 Å². The van der Waals surface area contributed by atoms with E-state index in [1.807, 2.05) is 30.5 Å². The van der Waals surface area contributed by atoms with Gasteiger partial charge in [-0.2, -0.15) is 5.10 Å². The summed E-state index contributed by atoms with van der Waals surface area (Å²) in [5.74, 6) is -0.311. The molecule has 0 spiro atoms. The lowest BCUT2D eigenvalue weighted by Crippen LogP contribution is -2.02. The Kier molecular flexibility index (Phi) is 4.26. The summed E-state index contributed by atoms with van der Waals surface area (Å²) in [5.41, 5.74) is 2.54. The van der Waals surface area contributed by atoms with E-state index in [1.54, 1.807) is 23.0 Å². The van der Waals surface area contributed by atoms with Gasteiger partial charge >= 0.3 is 0 Å². The van der Waals surface area contributed by atoms with E-state index in [0.717, 1.165) is 11.1 Å². The van der Waals surface area contributed by atoms with Crippen LogP contribution in [-0.2, 0) is 6.54 Å². The fourth-order valence-corrected chi connectivity index (χ4v) is 2.67. The number of nitrogens with zero attached hydrogens (tertiary/aromatic N) is 2. The zero-order chi connectivity index (χ0) is 14.8. The normalized spacial score (nSPS) is 10.8. The number of halogens is 3. The van der Waals surface area contributed by atoms with Crippen molar-refractivity contribution in [3.05, 3.63) is 74.8 Å². The minimum Gasteiger partial charge on any atom is -0.268 e. The summed E-state index contributed by atoms with van der Waals surface area (Å²) in [7, 11) is 0. The van der Waals surface area contributed by atoms with Gasteiger partial charge in [-0.25, -0.2) is 4.39 Å². The molecule has 0 radical (unpaired) electrons. The highest BCUT2D eigenvalue weighted by molar-refractivity contribution is 14.1. The molecule has 2 aromatic carbocycles. The molecule has 0 fully saturated rings. The fraction of sp³-hybridized carbons (Fsp3) is 0.0625. The minimum atomic E-state index is -0.311. The molecule has 3 aromatic rings. The highest BCUT2D eigenvalue weighted by Crippen LogP contribution is 2.23. The van der Waals surface area contributed by atoms with E-state index in [2.05, 4.69) is 27.7 Å². The zero-order valence-electron chi connectivity index (χ0n) is 10.9. The number of rotatable bonds is 3. The molecule has 0 aliphatic carbocycles. The van der Waals surface area contributed by atoms with E-state index in [9.17, 15) is 4.39 Å². The average Bonchev–Trinajstić information content (AvgIpc) is 2.92. The van der Waals surface area contributed by atoms with Gasteiger partial charge < -0.3 is 0 Å². The van der Waals surface area contributed by atoms with Crippen molar-refractivity contribution in [1.82, 2.24) is 9.78 Å². The Balaban J connectivity index is 1.87. The zero-order valence-corrected chi connectivity index (χ0v) is 13.8. The first-order valence-electron chi connectivity index (χ1n) is 6.35. The van der Waals surface area contributed by atoms with Crippen LogP contribution in [0.5, 0.6) is 0 Å². The van der Waals surface area contributed by atoms with Crippen LogP contribution in [0.3, 0.4) is 0 Å². The second-order valence-corrected chi connectivity index (χ2v) is 6.29. The Morgan fingerprint density at radius 2 is 1.86 bits per heavy atom. The number of aromatic nitrogens is 2. The van der Waals surface area contributed by atoms with Gasteiger partial charge in [-0.3, -0.25) is 4.68 Å². The van der Waals surface area contributed by atoms with Crippen molar-refractivity contribution in [2.45, 2.75) is 6.54 Å². The summed E-state index contributed by atoms with van der Waals surface area (Å²) in [6.45, 7) is 0.315. The first-order chi connectivity index (χ1) is 10.1. The molecule has 0 unspecified atom stereocenters. The topological polar surface area (TPSA) is 17.8 Å². The third-order valence-electron chi connectivity index (χ3n) is 3.19. The molecule has 106 valence electrons. The number of hydrogen-bond donors (Lipinski definition) is 0. The molecule has 0 saturated carbocycles. The summed E-state index contributed by atoms with van der Waals surface area (Å²) < 4.78 is 16.7. The molecule has 21 heavy (non-hydrogen) atoms. The van der Waals surface area contributed by atoms with Crippen LogP contribution < -0.4 is 0 Å². The molecule has 0 aliphatic heterocycles. The summed E-state index contributed by atoms with van der Waals surface area (Å²) in [5, 5.41) is 4.70. The maximum Gasteiger partial charge on any atom is 0.129 e. The molecule has 0 amide bonds. The van der Waals surface area contributed by atoms with Gasteiger partial charge in [-0.1, -0.05) is 29.8 Å². The average molecular weight is 413 g/mol. The van der Waals surface area contributed by atoms with Gasteiger partial charge in [0.25, 0.3) is 0 Å². The van der Waals surface area contributed by atoms with Gasteiger partial charge in [0.05, 0.1) is 12.7 Å². The summed E-state index contributed by atoms with van der Waals surface area (Å²) in [4.78, 5) is 0. The fourth-order valence-electron chi connectivity index (χ4n) is 2.09. The molecular weight excluding hydrogens is 402 g/mol. The third kappa shape index (κ3) is 3.27. The first-order valence-corrected chi connectivity index (χ1v) is 7.80. The predicted molar refractivity (Wildman–Crippen MR) is 90.9 cm³/mol. The van der Waals surface area contributed by atoms with Gasteiger partial charge in [0, 0.05) is 25.9 Å². The molecule has 0 saturated heterocycles. The van der Waals surface area contributed by atoms with Gasteiger partial charge in [0.1, 0.15) is 5.82 Å². The van der Waals surface area contributed by atoms with Crippen molar-refractivity contribution in [1.29, 1.82) is 0 Å². The van der Waals surface area contributed by atoms with Gasteiger partial charge in [-0.05, 0) is 52.4 Å². The molecule has 0 aliphatic rings. The molecule has 2 nitrogen and oxygen atoms in total. The number of benzene rings is 2. The van der Waals surface area contributed by atoms with Crippen molar-refractivity contribution in [3.63, 3.8) is 0 Å². The maximum atomic E-state index is 13.8. The molecule has 1 aromatic heterocycles. The van der Waals surface area contributed by atoms with Crippen LogP contribution in [-0.4, -0.2) is 9.78 Å². The van der Waals surface area contributed by atoms with Crippen LogP contribution in [0.25, 0.3) is 11.1 Å². The van der Waals surface area contributed by atoms with Crippen LogP contribution in [0.1, 0.15) is 5.56 Å². The first kappa shape index (κ1) is 14.5. The smallest absolute Gasteiger partial charge is 0.129 e. The maximum absolute atomic E-state index is 13.8. The molecule has 5 heteroatoms. The summed E-state index contributed by atoms with van der Waals surface area (Å²) in [6, 6.07) is 12.9. The summed E-state index contributed by atoms with van der Waals surface area (Å²) in [6.07, 6.45) is 3.67. The van der Waals surface area contributed by atoms with Crippen LogP contribution in [0.2, 0.25) is 5.02 Å². The predicted octanol–water partition coefficient (Wildman–Crippen LogP) is 5.00. The van der Waals surface area contributed by atoms with E-state index in [1.165, 1.54) is 9.64 Å². The van der Waals surface area contributed by atoms with Crippen molar-refractivity contribution >= 4 is 34.2 Å². The third-order valence-corrected chi connectivity index (χ3v) is 4.27. The second kappa shape index (κ2) is 6.15.